The highest BCUT2D eigenvalue weighted by molar-refractivity contribution is 9.09. The molecule has 0 heterocycles. The topological polar surface area (TPSA) is 63.3 Å². The van der Waals surface area contributed by atoms with Crippen molar-refractivity contribution in [2.24, 2.45) is 11.7 Å². The summed E-state index contributed by atoms with van der Waals surface area (Å²) in [6.45, 7) is 0. The normalized spacial score (nSPS) is 31.2. The number of nitrogens with two attached hydrogens (primary N) is 1. The monoisotopic (exact) mass is 249 g/mol. The van der Waals surface area contributed by atoms with E-state index in [2.05, 4.69) is 15.9 Å². The maximum Gasteiger partial charge on any atom is 0.304 e. The van der Waals surface area contributed by atoms with Crippen LogP contribution in [0, 0.1) is 5.92 Å². The minimum Gasteiger partial charge on any atom is -0.481 e. The standard InChI is InChI=1S/C9H16BrNO2/c10-7-3-1-6(2-4-7)8(11)5-9(12)13/h6-8H,1-5,11H2,(H,12,13). The second-order valence-corrected chi connectivity index (χ2v) is 5.07. The van der Waals surface area contributed by atoms with E-state index in [1.54, 1.807) is 0 Å². The SMILES string of the molecule is NC(CC(=O)O)C1CCC(Br)CC1. The number of hydrogen-bond donors (Lipinski definition) is 2. The molecule has 1 unspecified atom stereocenters. The van der Waals surface area contributed by atoms with E-state index in [0.717, 1.165) is 25.7 Å². The Kier molecular flexibility index (Phi) is 4.19. The highest BCUT2D eigenvalue weighted by Gasteiger charge is 2.25. The van der Waals surface area contributed by atoms with E-state index in [-0.39, 0.29) is 12.5 Å². The number of rotatable bonds is 3. The molecule has 1 aliphatic carbocycles. The van der Waals surface area contributed by atoms with Crippen LogP contribution in [0.15, 0.2) is 0 Å². The van der Waals surface area contributed by atoms with Crippen LogP contribution in [0.2, 0.25) is 0 Å². The smallest absolute Gasteiger partial charge is 0.304 e. The summed E-state index contributed by atoms with van der Waals surface area (Å²) in [6.07, 6.45) is 4.47. The maximum atomic E-state index is 10.4. The number of carboxylic acid groups (broad SMARTS) is 1. The average molecular weight is 250 g/mol. The fourth-order valence-corrected chi connectivity index (χ4v) is 2.40. The molecule has 13 heavy (non-hydrogen) atoms. The highest BCUT2D eigenvalue weighted by Crippen LogP contribution is 2.30. The molecule has 1 fully saturated rings. The molecule has 0 amide bonds. The van der Waals surface area contributed by atoms with Gasteiger partial charge < -0.3 is 10.8 Å². The summed E-state index contributed by atoms with van der Waals surface area (Å²) in [4.78, 5) is 11.0. The van der Waals surface area contributed by atoms with Crippen molar-refractivity contribution >= 4 is 21.9 Å². The number of alkyl halides is 1. The molecular weight excluding hydrogens is 234 g/mol. The fraction of sp³-hybridized carbons (Fsp3) is 0.889. The lowest BCUT2D eigenvalue weighted by molar-refractivity contribution is -0.137. The van der Waals surface area contributed by atoms with Crippen LogP contribution in [-0.2, 0) is 4.79 Å². The third-order valence-electron chi connectivity index (χ3n) is 2.72. The maximum absolute atomic E-state index is 10.4. The fourth-order valence-electron chi connectivity index (χ4n) is 1.87. The lowest BCUT2D eigenvalue weighted by Crippen LogP contribution is -2.35. The second kappa shape index (κ2) is 4.96. The van der Waals surface area contributed by atoms with Gasteiger partial charge in [0.25, 0.3) is 0 Å². The summed E-state index contributed by atoms with van der Waals surface area (Å²) in [5.41, 5.74) is 5.80. The zero-order chi connectivity index (χ0) is 9.84. The molecule has 0 aromatic carbocycles. The Morgan fingerprint density at radius 2 is 2.00 bits per heavy atom. The first kappa shape index (κ1) is 11.0. The summed E-state index contributed by atoms with van der Waals surface area (Å²) in [5, 5.41) is 8.58. The second-order valence-electron chi connectivity index (χ2n) is 3.77. The van der Waals surface area contributed by atoms with Crippen molar-refractivity contribution in [1.29, 1.82) is 0 Å². The third-order valence-corrected chi connectivity index (χ3v) is 3.63. The lowest BCUT2D eigenvalue weighted by Gasteiger charge is -2.29. The van der Waals surface area contributed by atoms with Crippen molar-refractivity contribution in [2.45, 2.75) is 43.0 Å². The van der Waals surface area contributed by atoms with Gasteiger partial charge in [0.1, 0.15) is 0 Å². The summed E-state index contributed by atoms with van der Waals surface area (Å²) < 4.78 is 0. The minimum atomic E-state index is -0.784. The van der Waals surface area contributed by atoms with Crippen LogP contribution in [0.4, 0.5) is 0 Å². The molecule has 1 aliphatic rings. The van der Waals surface area contributed by atoms with Crippen LogP contribution >= 0.6 is 15.9 Å². The van der Waals surface area contributed by atoms with Gasteiger partial charge in [-0.3, -0.25) is 4.79 Å². The first-order valence-corrected chi connectivity index (χ1v) is 5.62. The number of halogens is 1. The average Bonchev–Trinajstić information content (AvgIpc) is 2.04. The molecular formula is C9H16BrNO2. The first-order chi connectivity index (χ1) is 6.09. The van der Waals surface area contributed by atoms with Crippen molar-refractivity contribution in [2.75, 3.05) is 0 Å². The summed E-state index contributed by atoms with van der Waals surface area (Å²) >= 11 is 3.56. The summed E-state index contributed by atoms with van der Waals surface area (Å²) in [6, 6.07) is -0.155. The largest absolute Gasteiger partial charge is 0.481 e. The first-order valence-electron chi connectivity index (χ1n) is 4.71. The Labute approximate surface area is 86.8 Å². The zero-order valence-corrected chi connectivity index (χ0v) is 9.16. The van der Waals surface area contributed by atoms with Crippen LogP contribution in [0.25, 0.3) is 0 Å². The molecule has 3 N–H and O–H groups in total. The van der Waals surface area contributed by atoms with Gasteiger partial charge in [0.05, 0.1) is 6.42 Å². The van der Waals surface area contributed by atoms with Gasteiger partial charge in [0, 0.05) is 10.9 Å². The van der Waals surface area contributed by atoms with Crippen LogP contribution in [-0.4, -0.2) is 21.9 Å². The van der Waals surface area contributed by atoms with Crippen molar-refractivity contribution < 1.29 is 9.90 Å². The molecule has 0 saturated heterocycles. The van der Waals surface area contributed by atoms with Gasteiger partial charge in [0.2, 0.25) is 0 Å². The zero-order valence-electron chi connectivity index (χ0n) is 7.58. The minimum absolute atomic E-state index is 0.109. The van der Waals surface area contributed by atoms with E-state index in [0.29, 0.717) is 10.7 Å². The molecule has 1 atom stereocenters. The molecule has 1 rings (SSSR count). The molecule has 0 spiro atoms. The lowest BCUT2D eigenvalue weighted by atomic mass is 9.83. The van der Waals surface area contributed by atoms with Crippen LogP contribution in [0.3, 0.4) is 0 Å². The van der Waals surface area contributed by atoms with Crippen LogP contribution < -0.4 is 5.73 Å². The van der Waals surface area contributed by atoms with Crippen LogP contribution in [0.5, 0.6) is 0 Å². The van der Waals surface area contributed by atoms with E-state index in [1.165, 1.54) is 0 Å². The number of hydrogen-bond acceptors (Lipinski definition) is 2. The van der Waals surface area contributed by atoms with E-state index in [1.807, 2.05) is 0 Å². The predicted octanol–water partition coefficient (Wildman–Crippen LogP) is 1.74. The van der Waals surface area contributed by atoms with Crippen molar-refractivity contribution in [3.05, 3.63) is 0 Å². The molecule has 1 saturated carbocycles. The Morgan fingerprint density at radius 1 is 1.46 bits per heavy atom. The van der Waals surface area contributed by atoms with Gasteiger partial charge in [-0.25, -0.2) is 0 Å². The molecule has 4 heteroatoms. The van der Waals surface area contributed by atoms with E-state index in [4.69, 9.17) is 10.8 Å². The molecule has 0 aromatic heterocycles. The molecule has 3 nitrogen and oxygen atoms in total. The summed E-state index contributed by atoms with van der Waals surface area (Å²) in [5.74, 6) is -0.377. The Hall–Kier alpha value is -0.0900. The molecule has 76 valence electrons. The van der Waals surface area contributed by atoms with Gasteiger partial charge in [-0.15, -0.1) is 0 Å². The van der Waals surface area contributed by atoms with Crippen molar-refractivity contribution in [1.82, 2.24) is 0 Å². The Morgan fingerprint density at radius 3 is 2.46 bits per heavy atom. The van der Waals surface area contributed by atoms with Gasteiger partial charge in [-0.2, -0.15) is 0 Å². The van der Waals surface area contributed by atoms with Gasteiger partial charge >= 0.3 is 5.97 Å². The van der Waals surface area contributed by atoms with E-state index < -0.39 is 5.97 Å². The molecule has 0 radical (unpaired) electrons. The Bertz CT molecular complexity index is 178. The van der Waals surface area contributed by atoms with Gasteiger partial charge in [0.15, 0.2) is 0 Å². The predicted molar refractivity (Wildman–Crippen MR) is 54.9 cm³/mol. The molecule has 0 aromatic rings. The molecule has 0 bridgehead atoms. The number of carbonyl (C=O) groups is 1. The summed E-state index contributed by atoms with van der Waals surface area (Å²) in [7, 11) is 0. The highest BCUT2D eigenvalue weighted by atomic mass is 79.9. The van der Waals surface area contributed by atoms with E-state index >= 15 is 0 Å². The van der Waals surface area contributed by atoms with Gasteiger partial charge in [-0.05, 0) is 31.6 Å². The molecule has 0 aliphatic heterocycles. The van der Waals surface area contributed by atoms with Crippen molar-refractivity contribution in [3.8, 4) is 0 Å². The van der Waals surface area contributed by atoms with Crippen molar-refractivity contribution in [3.63, 3.8) is 0 Å². The third kappa shape index (κ3) is 3.65. The quantitative estimate of drug-likeness (QED) is 0.750. The van der Waals surface area contributed by atoms with Crippen LogP contribution in [0.1, 0.15) is 32.1 Å². The van der Waals surface area contributed by atoms with Gasteiger partial charge in [-0.1, -0.05) is 15.9 Å². The number of aliphatic carboxylic acids is 1. The number of carboxylic acids is 1. The van der Waals surface area contributed by atoms with E-state index in [9.17, 15) is 4.79 Å². The Balaban J connectivity index is 2.31.